The molecule has 0 saturated heterocycles. The number of nitrogens with zero attached hydrogens (tertiary/aromatic N) is 3. The summed E-state index contributed by atoms with van der Waals surface area (Å²) in [6.45, 7) is 8.42. The Morgan fingerprint density at radius 2 is 1.87 bits per heavy atom. The molecule has 0 saturated carbocycles. The molecule has 0 aliphatic carbocycles. The summed E-state index contributed by atoms with van der Waals surface area (Å²) < 4.78 is 0.796. The molecular weight excluding hydrogens is 352 g/mol. The standard InChI is InChI=1S/C18H19BrN4/c1-11-6-5-7-13(21-11)16-15(12-8-9-20-14(19)10-12)22-17(23-16)18(2,3)4/h5-10H,1-4H3,(H,22,23). The van der Waals surface area contributed by atoms with Gasteiger partial charge in [-0.25, -0.2) is 9.97 Å². The summed E-state index contributed by atoms with van der Waals surface area (Å²) in [5.74, 6) is 0.943. The summed E-state index contributed by atoms with van der Waals surface area (Å²) in [5, 5.41) is 0. The van der Waals surface area contributed by atoms with E-state index >= 15 is 0 Å². The molecular formula is C18H19BrN4. The molecule has 3 aromatic rings. The zero-order chi connectivity index (χ0) is 16.6. The molecule has 0 spiro atoms. The van der Waals surface area contributed by atoms with Crippen molar-refractivity contribution in [2.24, 2.45) is 0 Å². The van der Waals surface area contributed by atoms with E-state index in [-0.39, 0.29) is 5.41 Å². The van der Waals surface area contributed by atoms with Crippen molar-refractivity contribution in [1.82, 2.24) is 19.9 Å². The van der Waals surface area contributed by atoms with Crippen molar-refractivity contribution in [2.45, 2.75) is 33.1 Å². The van der Waals surface area contributed by atoms with Crippen molar-refractivity contribution in [1.29, 1.82) is 0 Å². The van der Waals surface area contributed by atoms with Gasteiger partial charge in [0.25, 0.3) is 0 Å². The second-order valence-electron chi connectivity index (χ2n) is 6.59. The molecule has 23 heavy (non-hydrogen) atoms. The average molecular weight is 371 g/mol. The van der Waals surface area contributed by atoms with Crippen LogP contribution in [0.3, 0.4) is 0 Å². The molecule has 0 atom stereocenters. The van der Waals surface area contributed by atoms with E-state index in [0.29, 0.717) is 0 Å². The van der Waals surface area contributed by atoms with Crippen molar-refractivity contribution >= 4 is 15.9 Å². The number of halogens is 1. The largest absolute Gasteiger partial charge is 0.341 e. The minimum atomic E-state index is -0.0684. The Hall–Kier alpha value is -2.01. The summed E-state index contributed by atoms with van der Waals surface area (Å²) in [7, 11) is 0. The molecule has 1 N–H and O–H groups in total. The molecule has 0 unspecified atom stereocenters. The first-order valence-electron chi connectivity index (χ1n) is 7.51. The van der Waals surface area contributed by atoms with Crippen molar-refractivity contribution in [2.75, 3.05) is 0 Å². The van der Waals surface area contributed by atoms with Crippen LogP contribution in [0.4, 0.5) is 0 Å². The van der Waals surface area contributed by atoms with Gasteiger partial charge in [0.15, 0.2) is 0 Å². The second-order valence-corrected chi connectivity index (χ2v) is 7.40. The van der Waals surface area contributed by atoms with Crippen molar-refractivity contribution in [3.63, 3.8) is 0 Å². The first kappa shape index (κ1) is 15.9. The van der Waals surface area contributed by atoms with Crippen LogP contribution in [0.2, 0.25) is 0 Å². The van der Waals surface area contributed by atoms with E-state index in [1.54, 1.807) is 6.20 Å². The van der Waals surface area contributed by atoms with Gasteiger partial charge in [-0.2, -0.15) is 0 Å². The second kappa shape index (κ2) is 5.89. The molecule has 4 nitrogen and oxygen atoms in total. The maximum atomic E-state index is 4.85. The van der Waals surface area contributed by atoms with Gasteiger partial charge in [-0.1, -0.05) is 26.8 Å². The first-order valence-corrected chi connectivity index (χ1v) is 8.30. The summed E-state index contributed by atoms with van der Waals surface area (Å²) >= 11 is 3.44. The van der Waals surface area contributed by atoms with Crippen LogP contribution in [0.1, 0.15) is 32.3 Å². The SMILES string of the molecule is Cc1cccc(-c2nc(C(C)(C)C)[nH]c2-c2ccnc(Br)c2)n1. The van der Waals surface area contributed by atoms with Crippen LogP contribution in [0, 0.1) is 6.92 Å². The lowest BCUT2D eigenvalue weighted by atomic mass is 9.96. The minimum Gasteiger partial charge on any atom is -0.341 e. The van der Waals surface area contributed by atoms with E-state index in [9.17, 15) is 0 Å². The lowest BCUT2D eigenvalue weighted by Gasteiger charge is -2.14. The molecule has 3 heterocycles. The van der Waals surface area contributed by atoms with Gasteiger partial charge in [0.1, 0.15) is 16.1 Å². The molecule has 0 radical (unpaired) electrons. The summed E-state index contributed by atoms with van der Waals surface area (Å²) in [5.41, 5.74) is 4.66. The van der Waals surface area contributed by atoms with E-state index in [1.807, 2.05) is 37.3 Å². The lowest BCUT2D eigenvalue weighted by molar-refractivity contribution is 0.553. The fraction of sp³-hybridized carbons (Fsp3) is 0.278. The highest BCUT2D eigenvalue weighted by Gasteiger charge is 2.23. The zero-order valence-electron chi connectivity index (χ0n) is 13.7. The van der Waals surface area contributed by atoms with E-state index in [4.69, 9.17) is 4.98 Å². The highest BCUT2D eigenvalue weighted by Crippen LogP contribution is 2.33. The Labute approximate surface area is 144 Å². The van der Waals surface area contributed by atoms with E-state index in [0.717, 1.165) is 38.8 Å². The molecule has 5 heteroatoms. The number of imidazole rings is 1. The Bertz CT molecular complexity index is 783. The van der Waals surface area contributed by atoms with E-state index < -0.39 is 0 Å². The third-order valence-electron chi connectivity index (χ3n) is 3.56. The lowest BCUT2D eigenvalue weighted by Crippen LogP contribution is -2.13. The van der Waals surface area contributed by atoms with Crippen LogP contribution in [0.5, 0.6) is 0 Å². The summed E-state index contributed by atoms with van der Waals surface area (Å²) in [6.07, 6.45) is 1.78. The highest BCUT2D eigenvalue weighted by molar-refractivity contribution is 9.10. The molecule has 3 rings (SSSR count). The number of pyridine rings is 2. The highest BCUT2D eigenvalue weighted by atomic mass is 79.9. The van der Waals surface area contributed by atoms with Crippen LogP contribution < -0.4 is 0 Å². The maximum Gasteiger partial charge on any atom is 0.115 e. The van der Waals surface area contributed by atoms with Gasteiger partial charge in [0.2, 0.25) is 0 Å². The molecule has 0 bridgehead atoms. The third-order valence-corrected chi connectivity index (χ3v) is 3.99. The first-order chi connectivity index (χ1) is 10.8. The predicted octanol–water partition coefficient (Wildman–Crippen LogP) is 4.90. The van der Waals surface area contributed by atoms with Gasteiger partial charge in [0, 0.05) is 22.9 Å². The zero-order valence-corrected chi connectivity index (χ0v) is 15.3. The van der Waals surface area contributed by atoms with Crippen LogP contribution in [0.25, 0.3) is 22.6 Å². The maximum absolute atomic E-state index is 4.85. The number of aryl methyl sites for hydroxylation is 1. The molecule has 0 aliphatic heterocycles. The number of hydrogen-bond acceptors (Lipinski definition) is 3. The molecule has 0 aliphatic rings. The molecule has 0 amide bonds. The number of hydrogen-bond donors (Lipinski definition) is 1. The summed E-state index contributed by atoms with van der Waals surface area (Å²) in [4.78, 5) is 17.2. The van der Waals surface area contributed by atoms with Gasteiger partial charge in [-0.05, 0) is 47.1 Å². The number of rotatable bonds is 2. The minimum absolute atomic E-state index is 0.0684. The molecule has 3 aromatic heterocycles. The fourth-order valence-corrected chi connectivity index (χ4v) is 2.72. The normalized spacial score (nSPS) is 11.7. The van der Waals surface area contributed by atoms with Crippen molar-refractivity contribution in [3.05, 3.63) is 52.7 Å². The monoisotopic (exact) mass is 370 g/mol. The Morgan fingerprint density at radius 3 is 2.52 bits per heavy atom. The van der Waals surface area contributed by atoms with Gasteiger partial charge < -0.3 is 4.98 Å². The quantitative estimate of drug-likeness (QED) is 0.652. The van der Waals surface area contributed by atoms with Gasteiger partial charge in [0.05, 0.1) is 11.4 Å². The molecule has 0 aromatic carbocycles. The Kier molecular flexibility index (Phi) is 4.06. The van der Waals surface area contributed by atoms with Crippen LogP contribution >= 0.6 is 15.9 Å². The topological polar surface area (TPSA) is 54.5 Å². The Morgan fingerprint density at radius 1 is 1.09 bits per heavy atom. The number of nitrogens with one attached hydrogen (secondary N) is 1. The summed E-state index contributed by atoms with van der Waals surface area (Å²) in [6, 6.07) is 9.96. The van der Waals surface area contributed by atoms with Crippen LogP contribution in [-0.4, -0.2) is 19.9 Å². The van der Waals surface area contributed by atoms with Gasteiger partial charge >= 0.3 is 0 Å². The average Bonchev–Trinajstić information content (AvgIpc) is 2.92. The van der Waals surface area contributed by atoms with Crippen LogP contribution in [0.15, 0.2) is 41.1 Å². The van der Waals surface area contributed by atoms with Crippen molar-refractivity contribution < 1.29 is 0 Å². The van der Waals surface area contributed by atoms with Gasteiger partial charge in [-0.15, -0.1) is 0 Å². The smallest absolute Gasteiger partial charge is 0.115 e. The number of H-pyrrole nitrogens is 1. The number of aromatic amines is 1. The Balaban J connectivity index is 2.23. The third kappa shape index (κ3) is 3.34. The van der Waals surface area contributed by atoms with Gasteiger partial charge in [-0.3, -0.25) is 4.98 Å². The predicted molar refractivity (Wildman–Crippen MR) is 96.2 cm³/mol. The fourth-order valence-electron chi connectivity index (χ4n) is 2.36. The molecule has 118 valence electrons. The van der Waals surface area contributed by atoms with Crippen LogP contribution in [-0.2, 0) is 5.41 Å². The van der Waals surface area contributed by atoms with E-state index in [1.165, 1.54) is 0 Å². The molecule has 0 fully saturated rings. The number of aromatic nitrogens is 4. The van der Waals surface area contributed by atoms with E-state index in [2.05, 4.69) is 51.7 Å². The van der Waals surface area contributed by atoms with Crippen molar-refractivity contribution in [3.8, 4) is 22.6 Å².